The predicted molar refractivity (Wildman–Crippen MR) is 113 cm³/mol. The van der Waals surface area contributed by atoms with Gasteiger partial charge in [0.1, 0.15) is 5.82 Å². The third-order valence-electron chi connectivity index (χ3n) is 5.50. The standard InChI is InChI=1S/C21H24N8O/c30-21-7-6-20(28-9-3-8-22-28)25-29(21)15-14-26-10-12-27(13-11-26)16-19-23-17-4-1-2-5-18(17)24-19/h1-9H,10-16H2,(H,23,24). The van der Waals surface area contributed by atoms with Gasteiger partial charge in [-0.25, -0.2) is 14.3 Å². The van der Waals surface area contributed by atoms with Crippen LogP contribution in [0.1, 0.15) is 5.82 Å². The third kappa shape index (κ3) is 4.03. The van der Waals surface area contributed by atoms with Crippen LogP contribution in [-0.2, 0) is 13.1 Å². The Labute approximate surface area is 173 Å². The van der Waals surface area contributed by atoms with Crippen molar-refractivity contribution < 1.29 is 0 Å². The SMILES string of the molecule is O=c1ccc(-n2cccn2)nn1CCN1CCN(Cc2nc3ccccc3[nH]2)CC1. The van der Waals surface area contributed by atoms with Crippen LogP contribution < -0.4 is 5.56 Å². The average Bonchev–Trinajstić information content (AvgIpc) is 3.44. The van der Waals surface area contributed by atoms with Gasteiger partial charge in [0.05, 0.1) is 24.1 Å². The van der Waals surface area contributed by atoms with E-state index in [-0.39, 0.29) is 5.56 Å². The van der Waals surface area contributed by atoms with Crippen molar-refractivity contribution in [3.05, 3.63) is 71.0 Å². The number of nitrogens with zero attached hydrogens (tertiary/aromatic N) is 7. The Morgan fingerprint density at radius 3 is 2.57 bits per heavy atom. The number of piperazine rings is 1. The first-order valence-electron chi connectivity index (χ1n) is 10.2. The summed E-state index contributed by atoms with van der Waals surface area (Å²) in [6.45, 7) is 6.09. The molecule has 0 aliphatic carbocycles. The largest absolute Gasteiger partial charge is 0.341 e. The van der Waals surface area contributed by atoms with Gasteiger partial charge in [-0.1, -0.05) is 12.1 Å². The van der Waals surface area contributed by atoms with Gasteiger partial charge in [-0.15, -0.1) is 5.10 Å². The Hall–Kier alpha value is -3.30. The lowest BCUT2D eigenvalue weighted by atomic mass is 10.3. The molecule has 1 N–H and O–H groups in total. The van der Waals surface area contributed by atoms with E-state index in [0.29, 0.717) is 12.4 Å². The first kappa shape index (κ1) is 18.7. The molecule has 0 amide bonds. The number of aromatic nitrogens is 6. The van der Waals surface area contributed by atoms with E-state index in [0.717, 1.165) is 56.1 Å². The quantitative estimate of drug-likeness (QED) is 0.518. The minimum atomic E-state index is -0.0885. The Morgan fingerprint density at radius 1 is 0.933 bits per heavy atom. The minimum Gasteiger partial charge on any atom is -0.341 e. The van der Waals surface area contributed by atoms with E-state index in [2.05, 4.69) is 36.0 Å². The van der Waals surface area contributed by atoms with Crippen molar-refractivity contribution in [2.45, 2.75) is 13.1 Å². The smallest absolute Gasteiger partial charge is 0.266 e. The summed E-state index contributed by atoms with van der Waals surface area (Å²) < 4.78 is 3.19. The number of hydrogen-bond donors (Lipinski definition) is 1. The zero-order valence-electron chi connectivity index (χ0n) is 16.7. The number of benzene rings is 1. The molecular formula is C21H24N8O. The van der Waals surface area contributed by atoms with Crippen LogP contribution in [0.4, 0.5) is 0 Å². The Bertz CT molecular complexity index is 1140. The van der Waals surface area contributed by atoms with Crippen molar-refractivity contribution in [3.63, 3.8) is 0 Å². The number of rotatable bonds is 6. The molecule has 5 rings (SSSR count). The molecule has 0 saturated carbocycles. The summed E-state index contributed by atoms with van der Waals surface area (Å²) in [5, 5.41) is 8.62. The van der Waals surface area contributed by atoms with Gasteiger partial charge in [0, 0.05) is 51.2 Å². The van der Waals surface area contributed by atoms with Crippen LogP contribution in [0, 0.1) is 0 Å². The number of imidazole rings is 1. The molecule has 0 spiro atoms. The molecule has 1 aliphatic rings. The Kier molecular flexibility index (Phi) is 5.12. The number of fused-ring (bicyclic) bond motifs is 1. The minimum absolute atomic E-state index is 0.0885. The molecule has 1 fully saturated rings. The number of aromatic amines is 1. The molecule has 3 aromatic heterocycles. The van der Waals surface area contributed by atoms with Crippen molar-refractivity contribution in [1.82, 2.24) is 39.3 Å². The Balaban J connectivity index is 1.15. The summed E-state index contributed by atoms with van der Waals surface area (Å²) in [6.07, 6.45) is 3.51. The van der Waals surface area contributed by atoms with Crippen LogP contribution in [0.25, 0.3) is 16.9 Å². The maximum absolute atomic E-state index is 12.2. The van der Waals surface area contributed by atoms with E-state index in [1.165, 1.54) is 4.68 Å². The van der Waals surface area contributed by atoms with E-state index >= 15 is 0 Å². The molecule has 0 bridgehead atoms. The summed E-state index contributed by atoms with van der Waals surface area (Å²) in [5.74, 6) is 1.66. The molecule has 4 heterocycles. The summed E-state index contributed by atoms with van der Waals surface area (Å²) >= 11 is 0. The highest BCUT2D eigenvalue weighted by Crippen LogP contribution is 2.13. The van der Waals surface area contributed by atoms with Crippen LogP contribution in [-0.4, -0.2) is 72.1 Å². The van der Waals surface area contributed by atoms with Crippen LogP contribution in [0.5, 0.6) is 0 Å². The van der Waals surface area contributed by atoms with Gasteiger partial charge in [-0.2, -0.15) is 5.10 Å². The molecule has 0 radical (unpaired) electrons. The fraction of sp³-hybridized carbons (Fsp3) is 0.333. The molecule has 9 nitrogen and oxygen atoms in total. The van der Waals surface area contributed by atoms with E-state index in [1.807, 2.05) is 30.5 Å². The van der Waals surface area contributed by atoms with Gasteiger partial charge in [0.15, 0.2) is 5.82 Å². The van der Waals surface area contributed by atoms with Gasteiger partial charge in [-0.05, 0) is 24.3 Å². The second kappa shape index (κ2) is 8.21. The summed E-state index contributed by atoms with van der Waals surface area (Å²) in [5.41, 5.74) is 2.01. The third-order valence-corrected chi connectivity index (χ3v) is 5.50. The highest BCUT2D eigenvalue weighted by atomic mass is 16.1. The van der Waals surface area contributed by atoms with Crippen molar-refractivity contribution in [1.29, 1.82) is 0 Å². The molecule has 9 heteroatoms. The molecule has 30 heavy (non-hydrogen) atoms. The molecule has 0 atom stereocenters. The molecular weight excluding hydrogens is 380 g/mol. The number of hydrogen-bond acceptors (Lipinski definition) is 6. The van der Waals surface area contributed by atoms with Crippen LogP contribution in [0.15, 0.2) is 59.7 Å². The number of H-pyrrole nitrogens is 1. The zero-order chi connectivity index (χ0) is 20.3. The van der Waals surface area contributed by atoms with Crippen molar-refractivity contribution in [3.8, 4) is 5.82 Å². The van der Waals surface area contributed by atoms with E-state index < -0.39 is 0 Å². The fourth-order valence-electron chi connectivity index (χ4n) is 3.82. The summed E-state index contributed by atoms with van der Waals surface area (Å²) in [7, 11) is 0. The maximum Gasteiger partial charge on any atom is 0.266 e. The van der Waals surface area contributed by atoms with Gasteiger partial charge in [0.2, 0.25) is 0 Å². The van der Waals surface area contributed by atoms with E-state index in [1.54, 1.807) is 23.0 Å². The highest BCUT2D eigenvalue weighted by molar-refractivity contribution is 5.74. The summed E-state index contributed by atoms with van der Waals surface area (Å²) in [4.78, 5) is 25.0. The average molecular weight is 404 g/mol. The summed E-state index contributed by atoms with van der Waals surface area (Å²) in [6, 6.07) is 13.2. The molecule has 0 unspecified atom stereocenters. The Morgan fingerprint density at radius 2 is 1.77 bits per heavy atom. The zero-order valence-corrected chi connectivity index (χ0v) is 16.7. The molecule has 1 aliphatic heterocycles. The highest BCUT2D eigenvalue weighted by Gasteiger charge is 2.18. The van der Waals surface area contributed by atoms with Gasteiger partial charge in [-0.3, -0.25) is 14.6 Å². The first-order valence-corrected chi connectivity index (χ1v) is 10.2. The van der Waals surface area contributed by atoms with Crippen molar-refractivity contribution in [2.75, 3.05) is 32.7 Å². The topological polar surface area (TPSA) is 87.9 Å². The second-order valence-corrected chi connectivity index (χ2v) is 7.52. The second-order valence-electron chi connectivity index (χ2n) is 7.52. The van der Waals surface area contributed by atoms with Crippen LogP contribution in [0.2, 0.25) is 0 Å². The van der Waals surface area contributed by atoms with Crippen molar-refractivity contribution in [2.24, 2.45) is 0 Å². The lowest BCUT2D eigenvalue weighted by Gasteiger charge is -2.34. The fourth-order valence-corrected chi connectivity index (χ4v) is 3.82. The van der Waals surface area contributed by atoms with Crippen LogP contribution >= 0.6 is 0 Å². The molecule has 154 valence electrons. The first-order chi connectivity index (χ1) is 14.7. The van der Waals surface area contributed by atoms with E-state index in [4.69, 9.17) is 0 Å². The predicted octanol–water partition coefficient (Wildman–Crippen LogP) is 1.12. The van der Waals surface area contributed by atoms with Gasteiger partial charge < -0.3 is 4.98 Å². The number of nitrogens with one attached hydrogen (secondary N) is 1. The molecule has 1 saturated heterocycles. The van der Waals surface area contributed by atoms with Crippen LogP contribution in [0.3, 0.4) is 0 Å². The van der Waals surface area contributed by atoms with Gasteiger partial charge >= 0.3 is 0 Å². The van der Waals surface area contributed by atoms with Crippen molar-refractivity contribution >= 4 is 11.0 Å². The van der Waals surface area contributed by atoms with Gasteiger partial charge in [0.25, 0.3) is 5.56 Å². The lowest BCUT2D eigenvalue weighted by Crippen LogP contribution is -2.47. The molecule has 4 aromatic rings. The maximum atomic E-state index is 12.2. The van der Waals surface area contributed by atoms with E-state index in [9.17, 15) is 4.79 Å². The lowest BCUT2D eigenvalue weighted by molar-refractivity contribution is 0.121. The number of para-hydroxylation sites is 2. The molecule has 1 aromatic carbocycles. The monoisotopic (exact) mass is 404 g/mol. The normalized spacial score (nSPS) is 15.7.